The molecule has 0 radical (unpaired) electrons. The van der Waals surface area contributed by atoms with E-state index in [4.69, 9.17) is 9.47 Å². The van der Waals surface area contributed by atoms with Crippen LogP contribution < -0.4 is 0 Å². The summed E-state index contributed by atoms with van der Waals surface area (Å²) in [6.45, 7) is 6.81. The average molecular weight is 623 g/mol. The molecule has 10 heteroatoms. The summed E-state index contributed by atoms with van der Waals surface area (Å²) in [5.41, 5.74) is -6.59. The van der Waals surface area contributed by atoms with Crippen molar-refractivity contribution in [3.8, 4) is 0 Å². The first-order chi connectivity index (χ1) is 21.7. The van der Waals surface area contributed by atoms with Gasteiger partial charge < -0.3 is 19.7 Å². The number of carboxylic acids is 2. The van der Waals surface area contributed by atoms with Crippen LogP contribution in [-0.2, 0) is 19.1 Å². The van der Waals surface area contributed by atoms with Crippen molar-refractivity contribution in [2.45, 2.75) is 38.9 Å². The molecule has 0 aliphatic heterocycles. The number of aliphatic carboxylic acids is 2. The lowest BCUT2D eigenvalue weighted by Gasteiger charge is -2.40. The lowest BCUT2D eigenvalue weighted by molar-refractivity contribution is -0.188. The second-order valence-electron chi connectivity index (χ2n) is 10.9. The number of carbonyl (C=O) groups is 6. The third-order valence-corrected chi connectivity index (χ3v) is 7.43. The minimum absolute atomic E-state index is 0.264. The highest BCUT2D eigenvalue weighted by Crippen LogP contribution is 2.40. The maximum absolute atomic E-state index is 14.5. The summed E-state index contributed by atoms with van der Waals surface area (Å²) < 4.78 is 10.9. The number of esters is 2. The van der Waals surface area contributed by atoms with E-state index in [0.29, 0.717) is 11.1 Å². The number of hydrogen-bond donors (Lipinski definition) is 2. The summed E-state index contributed by atoms with van der Waals surface area (Å²) >= 11 is 0. The van der Waals surface area contributed by atoms with E-state index in [1.54, 1.807) is 27.7 Å². The van der Waals surface area contributed by atoms with Gasteiger partial charge in [-0.15, -0.1) is 0 Å². The van der Waals surface area contributed by atoms with Crippen LogP contribution >= 0.6 is 0 Å². The van der Waals surface area contributed by atoms with Crippen molar-refractivity contribution in [2.75, 3.05) is 0 Å². The fourth-order valence-electron chi connectivity index (χ4n) is 4.73. The van der Waals surface area contributed by atoms with Gasteiger partial charge in [0.05, 0.1) is 11.1 Å². The van der Waals surface area contributed by atoms with Crippen molar-refractivity contribution in [1.82, 2.24) is 0 Å². The molecular weight excluding hydrogens is 592 g/mol. The second-order valence-corrected chi connectivity index (χ2v) is 10.9. The first kappa shape index (κ1) is 33.0. The van der Waals surface area contributed by atoms with Crippen LogP contribution in [-0.4, -0.2) is 56.9 Å². The summed E-state index contributed by atoms with van der Waals surface area (Å²) in [7, 11) is 0. The van der Waals surface area contributed by atoms with Gasteiger partial charge in [-0.05, 0) is 52.0 Å². The van der Waals surface area contributed by atoms with Gasteiger partial charge >= 0.3 is 35.1 Å². The van der Waals surface area contributed by atoms with Gasteiger partial charge in [0.15, 0.2) is 0 Å². The molecule has 0 heterocycles. The number of ketones is 2. The molecule has 4 rings (SSSR count). The van der Waals surface area contributed by atoms with Crippen molar-refractivity contribution in [3.63, 3.8) is 0 Å². The molecule has 2 atom stereocenters. The number of rotatable bonds is 11. The molecule has 234 valence electrons. The summed E-state index contributed by atoms with van der Waals surface area (Å²) in [5.74, 6) is -10.9. The molecule has 2 unspecified atom stereocenters. The average Bonchev–Trinajstić information content (AvgIpc) is 3.03. The number of hydrogen-bond acceptors (Lipinski definition) is 8. The van der Waals surface area contributed by atoms with Crippen molar-refractivity contribution >= 4 is 35.4 Å². The normalized spacial score (nSPS) is 13.4. The molecule has 0 saturated carbocycles. The lowest BCUT2D eigenvalue weighted by atomic mass is 9.72. The molecule has 4 aromatic rings. The fourth-order valence-corrected chi connectivity index (χ4v) is 4.73. The Labute approximate surface area is 264 Å². The Bertz CT molecular complexity index is 1690. The highest BCUT2D eigenvalue weighted by Gasteiger charge is 2.77. The predicted octanol–water partition coefficient (Wildman–Crippen LogP) is 5.35. The van der Waals surface area contributed by atoms with Gasteiger partial charge in [-0.1, -0.05) is 95.1 Å². The molecule has 0 fully saturated rings. The van der Waals surface area contributed by atoms with E-state index in [-0.39, 0.29) is 11.1 Å². The molecule has 0 aromatic heterocycles. The van der Waals surface area contributed by atoms with Gasteiger partial charge in [0.1, 0.15) is 0 Å². The Morgan fingerprint density at radius 1 is 0.413 bits per heavy atom. The largest absolute Gasteiger partial charge is 0.478 e. The van der Waals surface area contributed by atoms with Gasteiger partial charge in [-0.3, -0.25) is 9.59 Å². The fraction of sp³-hybridized carbons (Fsp3) is 0.167. The zero-order chi connectivity index (χ0) is 33.8. The number of carboxylic acid groups (broad SMARTS) is 2. The third kappa shape index (κ3) is 6.05. The van der Waals surface area contributed by atoms with Crippen molar-refractivity contribution in [2.24, 2.45) is 0 Å². The molecule has 0 saturated heterocycles. The van der Waals surface area contributed by atoms with E-state index in [1.165, 1.54) is 97.1 Å². The SMILES string of the molecule is Cc1ccc(C(=O)OC(C(=O)O)(C(=O)c2ccc(C)cc2)C(OC(=O)c2ccc(C)cc2)(C(=O)O)C(=O)c2ccc(C)cc2)cc1. The topological polar surface area (TPSA) is 161 Å². The molecular formula is C36H30O10. The smallest absolute Gasteiger partial charge is 0.362 e. The maximum Gasteiger partial charge on any atom is 0.362 e. The van der Waals surface area contributed by atoms with Crippen LogP contribution in [0.5, 0.6) is 0 Å². The van der Waals surface area contributed by atoms with Crippen LogP contribution in [0.3, 0.4) is 0 Å². The highest BCUT2D eigenvalue weighted by atomic mass is 16.6. The van der Waals surface area contributed by atoms with Crippen LogP contribution in [0.2, 0.25) is 0 Å². The van der Waals surface area contributed by atoms with Crippen molar-refractivity contribution in [3.05, 3.63) is 142 Å². The number of Topliss-reactive ketones (excluding diaryl/α,β-unsaturated/α-hetero) is 2. The highest BCUT2D eigenvalue weighted by molar-refractivity contribution is 6.30. The summed E-state index contributed by atoms with van der Waals surface area (Å²) in [5, 5.41) is 21.8. The van der Waals surface area contributed by atoms with Gasteiger partial charge in [0.2, 0.25) is 11.6 Å². The first-order valence-corrected chi connectivity index (χ1v) is 14.0. The van der Waals surface area contributed by atoms with Gasteiger partial charge in [-0.25, -0.2) is 19.2 Å². The maximum atomic E-state index is 14.5. The second kappa shape index (κ2) is 13.0. The minimum atomic E-state index is -3.97. The van der Waals surface area contributed by atoms with Crippen LogP contribution in [0.1, 0.15) is 63.7 Å². The Kier molecular flexibility index (Phi) is 9.32. The predicted molar refractivity (Wildman–Crippen MR) is 165 cm³/mol. The Morgan fingerprint density at radius 3 is 0.848 bits per heavy atom. The van der Waals surface area contributed by atoms with E-state index in [1.807, 2.05) is 0 Å². The molecule has 0 spiro atoms. The number of carbonyl (C=O) groups excluding carboxylic acids is 4. The molecule has 4 aromatic carbocycles. The lowest BCUT2D eigenvalue weighted by Crippen LogP contribution is -2.74. The number of ether oxygens (including phenoxy) is 2. The van der Waals surface area contributed by atoms with E-state index < -0.39 is 57.8 Å². The van der Waals surface area contributed by atoms with Crippen LogP contribution in [0.15, 0.2) is 97.1 Å². The summed E-state index contributed by atoms with van der Waals surface area (Å²) in [6, 6.07) is 21.5. The zero-order valence-corrected chi connectivity index (χ0v) is 25.4. The molecule has 0 aliphatic rings. The molecule has 46 heavy (non-hydrogen) atoms. The molecule has 2 N–H and O–H groups in total. The first-order valence-electron chi connectivity index (χ1n) is 14.0. The zero-order valence-electron chi connectivity index (χ0n) is 25.4. The Hall–Kier alpha value is -5.90. The van der Waals surface area contributed by atoms with E-state index in [0.717, 1.165) is 11.1 Å². The number of benzene rings is 4. The Morgan fingerprint density at radius 2 is 0.630 bits per heavy atom. The van der Waals surface area contributed by atoms with Gasteiger partial charge in [-0.2, -0.15) is 0 Å². The summed E-state index contributed by atoms with van der Waals surface area (Å²) in [4.78, 5) is 83.3. The monoisotopic (exact) mass is 622 g/mol. The number of aryl methyl sites for hydroxylation is 4. The summed E-state index contributed by atoms with van der Waals surface area (Å²) in [6.07, 6.45) is 0. The van der Waals surface area contributed by atoms with Crippen LogP contribution in [0.25, 0.3) is 0 Å². The van der Waals surface area contributed by atoms with Crippen molar-refractivity contribution in [1.29, 1.82) is 0 Å². The van der Waals surface area contributed by atoms with Gasteiger partial charge in [0.25, 0.3) is 0 Å². The van der Waals surface area contributed by atoms with Crippen molar-refractivity contribution < 1.29 is 48.5 Å². The third-order valence-electron chi connectivity index (χ3n) is 7.43. The Balaban J connectivity index is 2.10. The van der Waals surface area contributed by atoms with Gasteiger partial charge in [0, 0.05) is 11.1 Å². The van der Waals surface area contributed by atoms with E-state index in [2.05, 4.69) is 0 Å². The van der Waals surface area contributed by atoms with E-state index in [9.17, 15) is 39.0 Å². The molecule has 0 aliphatic carbocycles. The van der Waals surface area contributed by atoms with Crippen LogP contribution in [0, 0.1) is 27.7 Å². The molecule has 10 nitrogen and oxygen atoms in total. The van der Waals surface area contributed by atoms with E-state index >= 15 is 0 Å². The molecule has 0 amide bonds. The molecule has 0 bridgehead atoms. The minimum Gasteiger partial charge on any atom is -0.478 e. The quantitative estimate of drug-likeness (QED) is 0.127. The standard InChI is InChI=1S/C36H30O10/c1-21-5-13-25(14-6-21)29(37)35(33(41)42,45-31(39)27-17-9-23(3)10-18-27)36(34(43)44,30(38)26-15-7-22(2)8-16-26)46-32(40)28-19-11-24(4)12-20-28/h5-20H,1-4H3,(H,41,42)(H,43,44). The van der Waals surface area contributed by atoms with Crippen LogP contribution in [0.4, 0.5) is 0 Å².